The third-order valence-corrected chi connectivity index (χ3v) is 14.8. The monoisotopic (exact) mass is 898 g/mol. The van der Waals surface area contributed by atoms with Gasteiger partial charge in [0.15, 0.2) is 0 Å². The summed E-state index contributed by atoms with van der Waals surface area (Å²) < 4.78 is 77.8. The highest BCUT2D eigenvalue weighted by Crippen LogP contribution is 2.45. The first kappa shape index (κ1) is 48.3. The second-order valence-electron chi connectivity index (χ2n) is 18.0. The molecule has 0 saturated carbocycles. The first-order valence-electron chi connectivity index (χ1n) is 21.1. The molecule has 0 radical (unpaired) electrons. The zero-order chi connectivity index (χ0) is 45.9. The van der Waals surface area contributed by atoms with E-state index in [0.717, 1.165) is 22.4 Å². The number of anilines is 1. The van der Waals surface area contributed by atoms with E-state index >= 15 is 0 Å². The minimum Gasteiger partial charge on any atom is -0.494 e. The van der Waals surface area contributed by atoms with Crippen molar-refractivity contribution in [2.45, 2.75) is 154 Å². The second-order valence-corrected chi connectivity index (χ2v) is 21.4. The Hall–Kier alpha value is -4.74. The van der Waals surface area contributed by atoms with Gasteiger partial charge in [-0.1, -0.05) is 6.07 Å². The summed E-state index contributed by atoms with van der Waals surface area (Å²) in [5, 5.41) is 11.6. The van der Waals surface area contributed by atoms with E-state index < -0.39 is 55.1 Å². The third-order valence-electron chi connectivity index (χ3n) is 11.0. The molecular weight excluding hydrogens is 837 g/mol. The number of carboxylic acid groups (broad SMARTS) is 1. The zero-order valence-corrected chi connectivity index (χ0v) is 39.2. The summed E-state index contributed by atoms with van der Waals surface area (Å²) in [7, 11) is -8.29. The van der Waals surface area contributed by atoms with E-state index in [1.165, 1.54) is 16.4 Å². The minimum absolute atomic E-state index is 0.0606. The maximum atomic E-state index is 14.5. The number of nitrogens with zero attached hydrogens (tertiary/aromatic N) is 2. The molecule has 62 heavy (non-hydrogen) atoms. The molecule has 3 aromatic rings. The van der Waals surface area contributed by atoms with Crippen LogP contribution in [0.1, 0.15) is 118 Å². The van der Waals surface area contributed by atoms with Crippen LogP contribution in [0.2, 0.25) is 0 Å². The van der Waals surface area contributed by atoms with Crippen molar-refractivity contribution >= 4 is 43.7 Å². The summed E-state index contributed by atoms with van der Waals surface area (Å²) in [5.41, 5.74) is 4.01. The van der Waals surface area contributed by atoms with Gasteiger partial charge in [-0.2, -0.15) is 4.72 Å². The number of esters is 1. The van der Waals surface area contributed by atoms with Gasteiger partial charge in [0, 0.05) is 43.6 Å². The largest absolute Gasteiger partial charge is 0.494 e. The van der Waals surface area contributed by atoms with Gasteiger partial charge in [0.1, 0.15) is 34.6 Å². The average molecular weight is 899 g/mol. The highest BCUT2D eigenvalue weighted by Gasteiger charge is 2.40. The van der Waals surface area contributed by atoms with Gasteiger partial charge in [0.25, 0.3) is 10.0 Å². The average Bonchev–Trinajstić information content (AvgIpc) is 3.50. The number of carboxylic acids is 1. The first-order valence-corrected chi connectivity index (χ1v) is 24.0. The van der Waals surface area contributed by atoms with Crippen LogP contribution in [-0.2, 0) is 58.4 Å². The van der Waals surface area contributed by atoms with Crippen molar-refractivity contribution in [2.24, 2.45) is 0 Å². The fourth-order valence-electron chi connectivity index (χ4n) is 8.08. The van der Waals surface area contributed by atoms with Gasteiger partial charge in [-0.05, 0) is 159 Å². The van der Waals surface area contributed by atoms with E-state index in [0.29, 0.717) is 89.5 Å². The SMILES string of the molecule is Cc1cc(OCCCC(=O)O)cc(C)c1S(=O)(=O)N[C@H](CNC(=O)CCCCc1ccc2c(n1)N(S(=O)(=O)c1c(C)c(C)c3c(c1C)CC(C)(C)O3)CCC2)C(=O)OC(C)(C)C. The lowest BCUT2D eigenvalue weighted by Gasteiger charge is -2.31. The number of amides is 1. The van der Waals surface area contributed by atoms with Gasteiger partial charge in [-0.3, -0.25) is 14.4 Å². The Morgan fingerprint density at radius 1 is 0.935 bits per heavy atom. The third kappa shape index (κ3) is 11.4. The fourth-order valence-corrected chi connectivity index (χ4v) is 11.7. The molecule has 340 valence electrons. The van der Waals surface area contributed by atoms with Crippen molar-refractivity contribution in [3.05, 3.63) is 68.9 Å². The molecule has 5 rings (SSSR count). The number of carbonyl (C=O) groups excluding carboxylic acids is 2. The molecular formula is C45H62N4O11S2. The molecule has 15 nitrogen and oxygen atoms in total. The summed E-state index contributed by atoms with van der Waals surface area (Å²) >= 11 is 0. The maximum Gasteiger partial charge on any atom is 0.326 e. The van der Waals surface area contributed by atoms with Gasteiger partial charge in [0.05, 0.1) is 16.4 Å². The summed E-state index contributed by atoms with van der Waals surface area (Å²) in [6.07, 6.45) is 3.78. The molecule has 3 heterocycles. The predicted octanol–water partition coefficient (Wildman–Crippen LogP) is 6.24. The lowest BCUT2D eigenvalue weighted by atomic mass is 9.94. The number of hydrogen-bond acceptors (Lipinski definition) is 11. The number of pyridine rings is 1. The van der Waals surface area contributed by atoms with E-state index in [-0.39, 0.29) is 37.3 Å². The number of sulfonamides is 2. The Kier molecular flexibility index (Phi) is 14.7. The maximum absolute atomic E-state index is 14.5. The van der Waals surface area contributed by atoms with Crippen molar-refractivity contribution in [3.63, 3.8) is 0 Å². The molecule has 2 aromatic carbocycles. The molecule has 17 heteroatoms. The number of benzene rings is 2. The number of fused-ring (bicyclic) bond motifs is 2. The highest BCUT2D eigenvalue weighted by molar-refractivity contribution is 7.93. The number of aryl methyl sites for hydroxylation is 4. The molecule has 0 aliphatic carbocycles. The topological polar surface area (TPSA) is 208 Å². The van der Waals surface area contributed by atoms with Crippen LogP contribution in [0.25, 0.3) is 0 Å². The Morgan fingerprint density at radius 2 is 1.61 bits per heavy atom. The fraction of sp³-hybridized carbons (Fsp3) is 0.556. The van der Waals surface area contributed by atoms with Crippen LogP contribution in [0.4, 0.5) is 5.82 Å². The quantitative estimate of drug-likeness (QED) is 0.0958. The van der Waals surface area contributed by atoms with Crippen molar-refractivity contribution in [2.75, 3.05) is 24.0 Å². The minimum atomic E-state index is -4.31. The summed E-state index contributed by atoms with van der Waals surface area (Å²) in [4.78, 5) is 42.3. The van der Waals surface area contributed by atoms with Crippen LogP contribution in [0.3, 0.4) is 0 Å². The molecule has 1 aromatic heterocycles. The van der Waals surface area contributed by atoms with Crippen LogP contribution >= 0.6 is 0 Å². The van der Waals surface area contributed by atoms with Crippen molar-refractivity contribution < 1.29 is 50.5 Å². The Balaban J connectivity index is 1.22. The molecule has 3 N–H and O–H groups in total. The Bertz CT molecular complexity index is 2420. The first-order chi connectivity index (χ1) is 28.8. The molecule has 0 spiro atoms. The van der Waals surface area contributed by atoms with E-state index in [9.17, 15) is 31.2 Å². The standard InChI is InChI=1S/C45H62N4O11S2/c1-27-23-34(58-22-14-18-38(51)52)24-28(2)40(27)61(54,55)48-36(43(53)60-44(6,7)8)26-46-37(50)17-12-11-16-33-20-19-32-15-13-21-49(42(32)47-33)62(56,57)41-30(4)29(3)39-35(31(41)5)25-45(9,10)59-39/h19-20,23-24,36,48H,11-18,21-22,25-26H2,1-10H3,(H,46,50)(H,51,52)/t36-/m1/s1. The number of aliphatic carboxylic acids is 1. The van der Waals surface area contributed by atoms with Gasteiger partial charge in [-0.25, -0.2) is 26.1 Å². The van der Waals surface area contributed by atoms with Crippen molar-refractivity contribution in [1.29, 1.82) is 0 Å². The van der Waals surface area contributed by atoms with E-state index in [4.69, 9.17) is 24.3 Å². The molecule has 1 amide bonds. The normalized spacial score (nSPS) is 15.3. The van der Waals surface area contributed by atoms with Gasteiger partial charge >= 0.3 is 11.9 Å². The Morgan fingerprint density at radius 3 is 2.26 bits per heavy atom. The number of rotatable bonds is 18. The van der Waals surface area contributed by atoms with Crippen LogP contribution in [0, 0.1) is 34.6 Å². The van der Waals surface area contributed by atoms with Crippen LogP contribution in [0.5, 0.6) is 11.5 Å². The van der Waals surface area contributed by atoms with Crippen molar-refractivity contribution in [3.8, 4) is 11.5 Å². The highest BCUT2D eigenvalue weighted by atomic mass is 32.2. The smallest absolute Gasteiger partial charge is 0.326 e. The zero-order valence-electron chi connectivity index (χ0n) is 37.6. The molecule has 2 aliphatic rings. The predicted molar refractivity (Wildman–Crippen MR) is 235 cm³/mol. The van der Waals surface area contributed by atoms with E-state index in [2.05, 4.69) is 10.0 Å². The lowest BCUT2D eigenvalue weighted by molar-refractivity contribution is -0.156. The van der Waals surface area contributed by atoms with Gasteiger partial charge < -0.3 is 24.6 Å². The lowest BCUT2D eigenvalue weighted by Crippen LogP contribution is -2.50. The summed E-state index contributed by atoms with van der Waals surface area (Å²) in [6.45, 7) is 17.8. The molecule has 2 aliphatic heterocycles. The molecule has 1 atom stereocenters. The molecule has 0 saturated heterocycles. The van der Waals surface area contributed by atoms with E-state index in [1.807, 2.05) is 46.8 Å². The molecule has 0 fully saturated rings. The summed E-state index contributed by atoms with van der Waals surface area (Å²) in [6, 6.07) is 5.44. The van der Waals surface area contributed by atoms with Crippen LogP contribution < -0.4 is 23.8 Å². The number of aromatic nitrogens is 1. The second kappa shape index (κ2) is 18.9. The number of unbranched alkanes of at least 4 members (excludes halogenated alkanes) is 1. The number of nitrogens with one attached hydrogen (secondary N) is 2. The number of hydrogen-bond donors (Lipinski definition) is 3. The summed E-state index contributed by atoms with van der Waals surface area (Å²) in [5.74, 6) is -0.621. The Labute approximate surface area is 366 Å². The number of ether oxygens (including phenoxy) is 3. The van der Waals surface area contributed by atoms with Gasteiger partial charge in [-0.15, -0.1) is 0 Å². The van der Waals surface area contributed by atoms with Gasteiger partial charge in [0.2, 0.25) is 15.9 Å². The molecule has 0 unspecified atom stereocenters. The molecule has 0 bridgehead atoms. The number of carbonyl (C=O) groups is 3. The van der Waals surface area contributed by atoms with Crippen LogP contribution in [0.15, 0.2) is 34.1 Å². The van der Waals surface area contributed by atoms with E-state index in [1.54, 1.807) is 34.6 Å². The van der Waals surface area contributed by atoms with Crippen LogP contribution in [-0.4, -0.2) is 81.7 Å². The van der Waals surface area contributed by atoms with Crippen molar-refractivity contribution in [1.82, 2.24) is 15.0 Å².